The number of halogens is 1. The normalized spacial score (nSPS) is 12.2. The minimum Gasteiger partial charge on any atom is -0.393 e. The molecular formula is C18H22FN3O3. The Balaban J connectivity index is 2.24. The fourth-order valence-corrected chi connectivity index (χ4v) is 2.32. The molecule has 0 aliphatic heterocycles. The molecule has 1 heterocycles. The van der Waals surface area contributed by atoms with Gasteiger partial charge < -0.3 is 10.4 Å². The third-order valence-electron chi connectivity index (χ3n) is 3.90. The first-order valence-electron chi connectivity index (χ1n) is 8.13. The molecule has 7 heteroatoms. The van der Waals surface area contributed by atoms with Gasteiger partial charge in [-0.05, 0) is 31.4 Å². The standard InChI is InChI=1S/C18H22FN3O3/c1-11(2)15(23)8-9-20-18(25)17-16(24)10-12(3)22(21-17)14-7-5-4-6-13(14)19/h4-7,10-11,15,23H,8-9H2,1-3H3,(H,20,25). The molecule has 25 heavy (non-hydrogen) atoms. The third-order valence-corrected chi connectivity index (χ3v) is 3.90. The number of nitrogens with one attached hydrogen (secondary N) is 1. The molecule has 1 amide bonds. The molecule has 0 saturated heterocycles. The Hall–Kier alpha value is -2.54. The Morgan fingerprint density at radius 3 is 2.68 bits per heavy atom. The number of para-hydroxylation sites is 1. The summed E-state index contributed by atoms with van der Waals surface area (Å²) in [6, 6.07) is 7.23. The van der Waals surface area contributed by atoms with Crippen LogP contribution in [0.4, 0.5) is 4.39 Å². The van der Waals surface area contributed by atoms with E-state index in [0.29, 0.717) is 12.1 Å². The minimum atomic E-state index is -0.647. The average molecular weight is 347 g/mol. The van der Waals surface area contributed by atoms with E-state index in [1.807, 2.05) is 13.8 Å². The number of nitrogens with zero attached hydrogens (tertiary/aromatic N) is 2. The lowest BCUT2D eigenvalue weighted by molar-refractivity contribution is 0.0913. The molecule has 2 rings (SSSR count). The van der Waals surface area contributed by atoms with Crippen LogP contribution in [0.15, 0.2) is 35.1 Å². The Morgan fingerprint density at radius 2 is 2.04 bits per heavy atom. The van der Waals surface area contributed by atoms with Gasteiger partial charge in [-0.25, -0.2) is 9.07 Å². The van der Waals surface area contributed by atoms with E-state index in [9.17, 15) is 19.1 Å². The zero-order chi connectivity index (χ0) is 18.6. The van der Waals surface area contributed by atoms with Crippen LogP contribution < -0.4 is 10.7 Å². The van der Waals surface area contributed by atoms with Gasteiger partial charge >= 0.3 is 0 Å². The van der Waals surface area contributed by atoms with Crippen LogP contribution in [0.2, 0.25) is 0 Å². The minimum absolute atomic E-state index is 0.0766. The van der Waals surface area contributed by atoms with E-state index >= 15 is 0 Å². The first-order valence-corrected chi connectivity index (χ1v) is 8.13. The number of carbonyl (C=O) groups excluding carboxylic acids is 1. The van der Waals surface area contributed by atoms with Crippen molar-refractivity contribution in [2.45, 2.75) is 33.3 Å². The van der Waals surface area contributed by atoms with Crippen LogP contribution >= 0.6 is 0 Å². The van der Waals surface area contributed by atoms with Gasteiger partial charge in [0.1, 0.15) is 11.5 Å². The maximum Gasteiger partial charge on any atom is 0.275 e. The number of aromatic nitrogens is 2. The number of benzene rings is 1. The molecule has 2 N–H and O–H groups in total. The van der Waals surface area contributed by atoms with Crippen molar-refractivity contribution in [1.29, 1.82) is 0 Å². The molecule has 2 aromatic rings. The Kier molecular flexibility index (Phi) is 6.03. The smallest absolute Gasteiger partial charge is 0.275 e. The second kappa shape index (κ2) is 8.02. The van der Waals surface area contributed by atoms with E-state index in [2.05, 4.69) is 10.4 Å². The predicted octanol–water partition coefficient (Wildman–Crippen LogP) is 1.82. The molecule has 0 aliphatic carbocycles. The summed E-state index contributed by atoms with van der Waals surface area (Å²) in [5.41, 5.74) is -0.272. The van der Waals surface area contributed by atoms with Gasteiger partial charge in [-0.1, -0.05) is 26.0 Å². The van der Waals surface area contributed by atoms with Crippen molar-refractivity contribution in [3.05, 3.63) is 57.8 Å². The Morgan fingerprint density at radius 1 is 1.36 bits per heavy atom. The summed E-state index contributed by atoms with van der Waals surface area (Å²) in [4.78, 5) is 24.3. The van der Waals surface area contributed by atoms with Gasteiger partial charge in [0.2, 0.25) is 5.43 Å². The summed E-state index contributed by atoms with van der Waals surface area (Å²) in [5.74, 6) is -1.08. The summed E-state index contributed by atoms with van der Waals surface area (Å²) < 4.78 is 15.2. The number of rotatable bonds is 6. The van der Waals surface area contributed by atoms with Crippen molar-refractivity contribution < 1.29 is 14.3 Å². The molecule has 0 spiro atoms. The number of amides is 1. The van der Waals surface area contributed by atoms with Crippen LogP contribution in [0, 0.1) is 18.7 Å². The summed E-state index contributed by atoms with van der Waals surface area (Å²) >= 11 is 0. The van der Waals surface area contributed by atoms with Gasteiger partial charge in [0.05, 0.1) is 6.10 Å². The maximum atomic E-state index is 14.0. The van der Waals surface area contributed by atoms with Crippen molar-refractivity contribution in [2.75, 3.05) is 6.54 Å². The summed E-state index contributed by atoms with van der Waals surface area (Å²) in [6.07, 6.45) is -0.169. The number of hydrogen-bond donors (Lipinski definition) is 2. The lowest BCUT2D eigenvalue weighted by Gasteiger charge is -2.15. The molecule has 0 aliphatic rings. The lowest BCUT2D eigenvalue weighted by atomic mass is 10.0. The highest BCUT2D eigenvalue weighted by molar-refractivity contribution is 5.92. The second-order valence-electron chi connectivity index (χ2n) is 6.22. The monoisotopic (exact) mass is 347 g/mol. The van der Waals surface area contributed by atoms with Crippen molar-refractivity contribution in [2.24, 2.45) is 5.92 Å². The number of hydrogen-bond acceptors (Lipinski definition) is 4. The van der Waals surface area contributed by atoms with Crippen LogP contribution in [-0.4, -0.2) is 33.4 Å². The second-order valence-corrected chi connectivity index (χ2v) is 6.22. The van der Waals surface area contributed by atoms with Gasteiger partial charge in [0.25, 0.3) is 5.91 Å². The first-order chi connectivity index (χ1) is 11.8. The van der Waals surface area contributed by atoms with Crippen LogP contribution in [0.5, 0.6) is 0 Å². The largest absolute Gasteiger partial charge is 0.393 e. The third kappa shape index (κ3) is 4.51. The van der Waals surface area contributed by atoms with Gasteiger partial charge in [0.15, 0.2) is 5.69 Å². The quantitative estimate of drug-likeness (QED) is 0.835. The summed E-state index contributed by atoms with van der Waals surface area (Å²) in [5, 5.41) is 16.3. The van der Waals surface area contributed by atoms with Gasteiger partial charge in [-0.2, -0.15) is 5.10 Å². The predicted molar refractivity (Wildman–Crippen MR) is 92.3 cm³/mol. The first kappa shape index (κ1) is 18.8. The number of aliphatic hydroxyl groups excluding tert-OH is 1. The zero-order valence-corrected chi connectivity index (χ0v) is 14.5. The van der Waals surface area contributed by atoms with Crippen molar-refractivity contribution in [3.8, 4) is 5.69 Å². The molecule has 0 radical (unpaired) electrons. The summed E-state index contributed by atoms with van der Waals surface area (Å²) in [7, 11) is 0. The van der Waals surface area contributed by atoms with E-state index in [1.54, 1.807) is 19.1 Å². The number of aliphatic hydroxyl groups is 1. The van der Waals surface area contributed by atoms with E-state index < -0.39 is 23.3 Å². The van der Waals surface area contributed by atoms with E-state index in [0.717, 1.165) is 0 Å². The van der Waals surface area contributed by atoms with Gasteiger partial charge in [-0.3, -0.25) is 9.59 Å². The SMILES string of the molecule is Cc1cc(=O)c(C(=O)NCCC(O)C(C)C)nn1-c1ccccc1F. The zero-order valence-electron chi connectivity index (χ0n) is 14.5. The highest BCUT2D eigenvalue weighted by Crippen LogP contribution is 2.13. The van der Waals surface area contributed by atoms with E-state index in [-0.39, 0.29) is 23.8 Å². The Labute approximate surface area is 145 Å². The molecular weight excluding hydrogens is 325 g/mol. The molecule has 1 aromatic carbocycles. The highest BCUT2D eigenvalue weighted by Gasteiger charge is 2.17. The van der Waals surface area contributed by atoms with E-state index in [4.69, 9.17) is 0 Å². The van der Waals surface area contributed by atoms with Crippen molar-refractivity contribution >= 4 is 5.91 Å². The maximum absolute atomic E-state index is 14.0. The van der Waals surface area contributed by atoms with Crippen molar-refractivity contribution in [3.63, 3.8) is 0 Å². The topological polar surface area (TPSA) is 84.2 Å². The lowest BCUT2D eigenvalue weighted by Crippen LogP contribution is -2.34. The molecule has 1 atom stereocenters. The molecule has 0 fully saturated rings. The van der Waals surface area contributed by atoms with Crippen LogP contribution in [0.25, 0.3) is 5.69 Å². The van der Waals surface area contributed by atoms with Crippen LogP contribution in [0.1, 0.15) is 36.5 Å². The highest BCUT2D eigenvalue weighted by atomic mass is 19.1. The summed E-state index contributed by atoms with van der Waals surface area (Å²) in [6.45, 7) is 5.58. The molecule has 0 saturated carbocycles. The molecule has 0 bridgehead atoms. The van der Waals surface area contributed by atoms with Crippen molar-refractivity contribution in [1.82, 2.24) is 15.1 Å². The average Bonchev–Trinajstić information content (AvgIpc) is 2.55. The fourth-order valence-electron chi connectivity index (χ4n) is 2.32. The molecule has 1 aromatic heterocycles. The van der Waals surface area contributed by atoms with Crippen LogP contribution in [-0.2, 0) is 0 Å². The Bertz CT molecular complexity index is 817. The van der Waals surface area contributed by atoms with E-state index in [1.165, 1.54) is 22.9 Å². The molecule has 1 unspecified atom stereocenters. The number of carbonyl (C=O) groups is 1. The van der Waals surface area contributed by atoms with Gasteiger partial charge in [0, 0.05) is 18.3 Å². The molecule has 6 nitrogen and oxygen atoms in total. The molecule has 134 valence electrons. The van der Waals surface area contributed by atoms with Gasteiger partial charge in [-0.15, -0.1) is 0 Å². The number of aryl methyl sites for hydroxylation is 1. The fraction of sp³-hybridized carbons (Fsp3) is 0.389. The van der Waals surface area contributed by atoms with Crippen LogP contribution in [0.3, 0.4) is 0 Å².